The number of aromatic nitrogens is 1. The Morgan fingerprint density at radius 2 is 2.25 bits per heavy atom. The lowest BCUT2D eigenvalue weighted by Gasteiger charge is -2.22. The quantitative estimate of drug-likeness (QED) is 0.817. The van der Waals surface area contributed by atoms with Gasteiger partial charge in [0.05, 0.1) is 5.60 Å². The van der Waals surface area contributed by atoms with E-state index in [1.54, 1.807) is 0 Å². The number of pyridine rings is 1. The number of nitrogens with zero attached hydrogens (tertiary/aromatic N) is 1. The van der Waals surface area contributed by atoms with Gasteiger partial charge in [-0.15, -0.1) is 0 Å². The number of hydrogen-bond acceptors (Lipinski definition) is 3. The predicted octanol–water partition coefficient (Wildman–Crippen LogP) is 2.14. The Morgan fingerprint density at radius 3 is 3.00 bits per heavy atom. The first-order valence-electron chi connectivity index (χ1n) is 6.06. The van der Waals surface area contributed by atoms with Crippen LogP contribution >= 0.6 is 0 Å². The Bertz CT molecular complexity index is 374. The summed E-state index contributed by atoms with van der Waals surface area (Å²) in [6.45, 7) is 4.38. The Morgan fingerprint density at radius 1 is 1.44 bits per heavy atom. The third-order valence-electron chi connectivity index (χ3n) is 3.34. The molecule has 1 unspecified atom stereocenters. The Balaban J connectivity index is 2.00. The zero-order valence-electron chi connectivity index (χ0n) is 10.1. The molecule has 0 saturated carbocycles. The summed E-state index contributed by atoms with van der Waals surface area (Å²) in [5.41, 5.74) is 1.95. The third-order valence-corrected chi connectivity index (χ3v) is 3.34. The molecule has 1 aromatic rings. The molecule has 0 saturated heterocycles. The summed E-state index contributed by atoms with van der Waals surface area (Å²) in [7, 11) is 0. The first kappa shape index (κ1) is 11.4. The van der Waals surface area contributed by atoms with Crippen LogP contribution in [-0.4, -0.2) is 22.2 Å². The molecule has 88 valence electrons. The van der Waals surface area contributed by atoms with Crippen molar-refractivity contribution in [1.82, 2.24) is 4.98 Å². The van der Waals surface area contributed by atoms with E-state index in [2.05, 4.69) is 16.4 Å². The number of nitrogens with one attached hydrogen (secondary N) is 1. The van der Waals surface area contributed by atoms with Gasteiger partial charge in [-0.25, -0.2) is 4.98 Å². The maximum Gasteiger partial charge on any atom is 0.126 e. The zero-order chi connectivity index (χ0) is 11.6. The van der Waals surface area contributed by atoms with Crippen molar-refractivity contribution in [2.45, 2.75) is 45.1 Å². The van der Waals surface area contributed by atoms with E-state index in [1.807, 2.05) is 19.9 Å². The van der Waals surface area contributed by atoms with E-state index in [0.717, 1.165) is 25.1 Å². The van der Waals surface area contributed by atoms with Crippen LogP contribution in [0.25, 0.3) is 0 Å². The normalized spacial score (nSPS) is 17.9. The second-order valence-electron chi connectivity index (χ2n) is 4.86. The lowest BCUT2D eigenvalue weighted by atomic mass is 10.0. The molecule has 0 amide bonds. The zero-order valence-corrected chi connectivity index (χ0v) is 10.1. The molecule has 2 rings (SSSR count). The highest BCUT2D eigenvalue weighted by atomic mass is 16.3. The number of anilines is 1. The summed E-state index contributed by atoms with van der Waals surface area (Å²) in [6.07, 6.45) is 4.22. The average molecular weight is 220 g/mol. The van der Waals surface area contributed by atoms with E-state index >= 15 is 0 Å². The monoisotopic (exact) mass is 220 g/mol. The summed E-state index contributed by atoms with van der Waals surface area (Å²) < 4.78 is 0. The summed E-state index contributed by atoms with van der Waals surface area (Å²) in [6, 6.07) is 4.16. The van der Waals surface area contributed by atoms with Crippen LogP contribution < -0.4 is 5.32 Å². The fraction of sp³-hybridized carbons (Fsp3) is 0.615. The fourth-order valence-electron chi connectivity index (χ4n) is 1.92. The van der Waals surface area contributed by atoms with E-state index < -0.39 is 5.60 Å². The first-order chi connectivity index (χ1) is 7.61. The van der Waals surface area contributed by atoms with Crippen molar-refractivity contribution in [3.05, 3.63) is 23.4 Å². The van der Waals surface area contributed by atoms with Gasteiger partial charge in [0.1, 0.15) is 5.82 Å². The Kier molecular flexibility index (Phi) is 3.15. The Hall–Kier alpha value is -1.09. The summed E-state index contributed by atoms with van der Waals surface area (Å²) in [4.78, 5) is 4.57. The predicted molar refractivity (Wildman–Crippen MR) is 65.7 cm³/mol. The lowest BCUT2D eigenvalue weighted by Crippen LogP contribution is -2.32. The molecule has 0 radical (unpaired) electrons. The molecule has 1 aliphatic carbocycles. The molecule has 2 N–H and O–H groups in total. The van der Waals surface area contributed by atoms with Crippen molar-refractivity contribution in [1.29, 1.82) is 0 Å². The van der Waals surface area contributed by atoms with Gasteiger partial charge in [-0.2, -0.15) is 0 Å². The second-order valence-corrected chi connectivity index (χ2v) is 4.86. The molecule has 0 spiro atoms. The van der Waals surface area contributed by atoms with Gasteiger partial charge in [0, 0.05) is 12.2 Å². The van der Waals surface area contributed by atoms with Crippen LogP contribution in [-0.2, 0) is 12.8 Å². The molecule has 0 aromatic carbocycles. The van der Waals surface area contributed by atoms with Crippen LogP contribution in [0.2, 0.25) is 0 Å². The van der Waals surface area contributed by atoms with Crippen molar-refractivity contribution < 1.29 is 5.11 Å². The van der Waals surface area contributed by atoms with Crippen LogP contribution in [0.1, 0.15) is 37.9 Å². The van der Waals surface area contributed by atoms with E-state index in [1.165, 1.54) is 17.7 Å². The standard InChI is InChI=1S/C13H20N2O/c1-3-13(2,16)9-14-12-8-7-10-5-4-6-11(10)15-12/h7-8,16H,3-6,9H2,1-2H3,(H,14,15). The molecule has 1 atom stereocenters. The highest BCUT2D eigenvalue weighted by Crippen LogP contribution is 2.21. The molecule has 1 aromatic heterocycles. The van der Waals surface area contributed by atoms with Crippen molar-refractivity contribution >= 4 is 5.82 Å². The van der Waals surface area contributed by atoms with E-state index in [-0.39, 0.29) is 0 Å². The SMILES string of the molecule is CCC(C)(O)CNc1ccc2c(n1)CCC2. The highest BCUT2D eigenvalue weighted by Gasteiger charge is 2.18. The topological polar surface area (TPSA) is 45.1 Å². The molecule has 16 heavy (non-hydrogen) atoms. The molecule has 0 aliphatic heterocycles. The Labute approximate surface area is 96.9 Å². The lowest BCUT2D eigenvalue weighted by molar-refractivity contribution is 0.0696. The number of fused-ring (bicyclic) bond motifs is 1. The molecule has 0 fully saturated rings. The van der Waals surface area contributed by atoms with Crippen LogP contribution in [0.15, 0.2) is 12.1 Å². The number of aliphatic hydroxyl groups is 1. The van der Waals surface area contributed by atoms with Crippen LogP contribution in [0.5, 0.6) is 0 Å². The van der Waals surface area contributed by atoms with Gasteiger partial charge >= 0.3 is 0 Å². The summed E-state index contributed by atoms with van der Waals surface area (Å²) in [5, 5.41) is 13.1. The van der Waals surface area contributed by atoms with Crippen LogP contribution in [0.3, 0.4) is 0 Å². The van der Waals surface area contributed by atoms with Crippen molar-refractivity contribution in [3.8, 4) is 0 Å². The van der Waals surface area contributed by atoms with Crippen molar-refractivity contribution in [2.75, 3.05) is 11.9 Å². The van der Waals surface area contributed by atoms with Crippen LogP contribution in [0.4, 0.5) is 5.82 Å². The van der Waals surface area contributed by atoms with Gasteiger partial charge in [0.2, 0.25) is 0 Å². The van der Waals surface area contributed by atoms with Gasteiger partial charge < -0.3 is 10.4 Å². The molecule has 3 nitrogen and oxygen atoms in total. The molecule has 1 aliphatic rings. The van der Waals surface area contributed by atoms with Gasteiger partial charge in [0.15, 0.2) is 0 Å². The minimum absolute atomic E-state index is 0.551. The maximum atomic E-state index is 9.89. The van der Waals surface area contributed by atoms with Gasteiger partial charge in [0.25, 0.3) is 0 Å². The third kappa shape index (κ3) is 2.53. The van der Waals surface area contributed by atoms with Gasteiger partial charge in [-0.3, -0.25) is 0 Å². The van der Waals surface area contributed by atoms with Gasteiger partial charge in [-0.1, -0.05) is 13.0 Å². The van der Waals surface area contributed by atoms with Crippen LogP contribution in [0, 0.1) is 0 Å². The van der Waals surface area contributed by atoms with Crippen molar-refractivity contribution in [2.24, 2.45) is 0 Å². The molecule has 3 heteroatoms. The smallest absolute Gasteiger partial charge is 0.126 e. The van der Waals surface area contributed by atoms with Crippen molar-refractivity contribution in [3.63, 3.8) is 0 Å². The second kappa shape index (κ2) is 4.42. The largest absolute Gasteiger partial charge is 0.388 e. The molecular formula is C13H20N2O. The average Bonchev–Trinajstić information content (AvgIpc) is 2.73. The maximum absolute atomic E-state index is 9.89. The summed E-state index contributed by atoms with van der Waals surface area (Å²) >= 11 is 0. The molecule has 1 heterocycles. The summed E-state index contributed by atoms with van der Waals surface area (Å²) in [5.74, 6) is 0.884. The van der Waals surface area contributed by atoms with E-state index in [4.69, 9.17) is 0 Å². The molecular weight excluding hydrogens is 200 g/mol. The minimum Gasteiger partial charge on any atom is -0.388 e. The first-order valence-corrected chi connectivity index (χ1v) is 6.06. The number of rotatable bonds is 4. The minimum atomic E-state index is -0.652. The van der Waals surface area contributed by atoms with Gasteiger partial charge in [-0.05, 0) is 44.2 Å². The molecule has 0 bridgehead atoms. The number of hydrogen-bond donors (Lipinski definition) is 2. The highest BCUT2D eigenvalue weighted by molar-refractivity contribution is 5.40. The van der Waals surface area contributed by atoms with E-state index in [9.17, 15) is 5.11 Å². The van der Waals surface area contributed by atoms with E-state index in [0.29, 0.717) is 6.54 Å². The number of aryl methyl sites for hydroxylation is 2. The fourth-order valence-corrected chi connectivity index (χ4v) is 1.92.